The highest BCUT2D eigenvalue weighted by atomic mass is 19.1. The molecule has 2 N–H and O–H groups in total. The van der Waals surface area contributed by atoms with Gasteiger partial charge in [0.1, 0.15) is 18.2 Å². The third-order valence-electron chi connectivity index (χ3n) is 3.24. The van der Waals surface area contributed by atoms with E-state index >= 15 is 0 Å². The second-order valence-electron chi connectivity index (χ2n) is 4.83. The first-order valence-corrected chi connectivity index (χ1v) is 6.80. The lowest BCUT2D eigenvalue weighted by atomic mass is 10.1. The normalized spacial score (nSPS) is 11.7. The quantitative estimate of drug-likeness (QED) is 0.911. The van der Waals surface area contributed by atoms with E-state index in [2.05, 4.69) is 0 Å². The molecular formula is C17H17FN2O. The van der Waals surface area contributed by atoms with Gasteiger partial charge in [0.15, 0.2) is 0 Å². The van der Waals surface area contributed by atoms with E-state index in [9.17, 15) is 4.39 Å². The van der Waals surface area contributed by atoms with Crippen molar-refractivity contribution < 1.29 is 9.13 Å². The number of rotatable bonds is 5. The van der Waals surface area contributed by atoms with E-state index in [4.69, 9.17) is 15.7 Å². The molecule has 0 aliphatic rings. The van der Waals surface area contributed by atoms with Crippen molar-refractivity contribution in [2.45, 2.75) is 26.0 Å². The second-order valence-corrected chi connectivity index (χ2v) is 4.83. The molecule has 2 aromatic rings. The summed E-state index contributed by atoms with van der Waals surface area (Å²) in [5.41, 5.74) is 7.92. The average Bonchev–Trinajstić information content (AvgIpc) is 2.52. The smallest absolute Gasteiger partial charge is 0.124 e. The van der Waals surface area contributed by atoms with Crippen LogP contribution in [0, 0.1) is 17.1 Å². The van der Waals surface area contributed by atoms with Crippen LogP contribution in [0.4, 0.5) is 4.39 Å². The molecule has 108 valence electrons. The molecule has 0 aromatic heterocycles. The molecule has 0 amide bonds. The second kappa shape index (κ2) is 6.87. The molecule has 0 spiro atoms. The predicted octanol–water partition coefficient (Wildman–Crippen LogP) is 3.69. The minimum atomic E-state index is -0.433. The van der Waals surface area contributed by atoms with Crippen molar-refractivity contribution in [3.63, 3.8) is 0 Å². The van der Waals surface area contributed by atoms with Crippen LogP contribution in [0.15, 0.2) is 42.5 Å². The zero-order chi connectivity index (χ0) is 15.2. The van der Waals surface area contributed by atoms with Crippen LogP contribution in [0.25, 0.3) is 0 Å². The minimum Gasteiger partial charge on any atom is -0.489 e. The number of ether oxygens (including phenoxy) is 1. The number of nitrogens with zero attached hydrogens (tertiary/aromatic N) is 1. The van der Waals surface area contributed by atoms with Crippen LogP contribution in [0.2, 0.25) is 0 Å². The Balaban J connectivity index is 2.03. The molecule has 3 nitrogen and oxygen atoms in total. The van der Waals surface area contributed by atoms with Crippen molar-refractivity contribution in [3.05, 3.63) is 65.0 Å². The molecule has 4 heteroatoms. The standard InChI is InChI=1S/C17H17FN2O/c1-2-17(20)14-3-5-16(6-4-14)21-11-13-7-12(10-19)8-15(18)9-13/h3-9,17H,2,11,20H2,1H3/t17-/m0/s1. The van der Waals surface area contributed by atoms with Gasteiger partial charge in [0.2, 0.25) is 0 Å². The first kappa shape index (κ1) is 15.0. The summed E-state index contributed by atoms with van der Waals surface area (Å²) in [6, 6.07) is 13.7. The van der Waals surface area contributed by atoms with Crippen molar-refractivity contribution >= 4 is 0 Å². The molecule has 0 aliphatic heterocycles. The van der Waals surface area contributed by atoms with Crippen molar-refractivity contribution in [2.24, 2.45) is 5.73 Å². The monoisotopic (exact) mass is 284 g/mol. The van der Waals surface area contributed by atoms with Gasteiger partial charge >= 0.3 is 0 Å². The van der Waals surface area contributed by atoms with Crippen molar-refractivity contribution in [1.82, 2.24) is 0 Å². The maximum absolute atomic E-state index is 13.3. The van der Waals surface area contributed by atoms with Gasteiger partial charge in [-0.05, 0) is 47.9 Å². The highest BCUT2D eigenvalue weighted by molar-refractivity contribution is 5.34. The maximum atomic E-state index is 13.3. The molecule has 21 heavy (non-hydrogen) atoms. The topological polar surface area (TPSA) is 59.0 Å². The van der Waals surface area contributed by atoms with E-state index in [1.54, 1.807) is 6.07 Å². The van der Waals surface area contributed by atoms with Crippen LogP contribution in [-0.2, 0) is 6.61 Å². The number of halogens is 1. The van der Waals surface area contributed by atoms with Gasteiger partial charge in [-0.3, -0.25) is 0 Å². The first-order chi connectivity index (χ1) is 10.1. The molecule has 0 fully saturated rings. The van der Waals surface area contributed by atoms with E-state index < -0.39 is 5.82 Å². The van der Waals surface area contributed by atoms with Crippen molar-refractivity contribution in [2.75, 3.05) is 0 Å². The minimum absolute atomic E-state index is 0.0282. The van der Waals surface area contributed by atoms with Crippen LogP contribution >= 0.6 is 0 Å². The van der Waals surface area contributed by atoms with Gasteiger partial charge in [-0.1, -0.05) is 19.1 Å². The molecule has 0 saturated carbocycles. The number of hydrogen-bond donors (Lipinski definition) is 1. The van der Waals surface area contributed by atoms with E-state index in [-0.39, 0.29) is 18.2 Å². The van der Waals surface area contributed by atoms with Crippen LogP contribution in [-0.4, -0.2) is 0 Å². The lowest BCUT2D eigenvalue weighted by Gasteiger charge is -2.11. The third kappa shape index (κ3) is 4.04. The number of nitriles is 1. The van der Waals surface area contributed by atoms with Crippen LogP contribution in [0.5, 0.6) is 5.75 Å². The number of hydrogen-bond acceptors (Lipinski definition) is 3. The van der Waals surface area contributed by atoms with Gasteiger partial charge in [-0.25, -0.2) is 4.39 Å². The fraction of sp³-hybridized carbons (Fsp3) is 0.235. The molecule has 0 unspecified atom stereocenters. The summed E-state index contributed by atoms with van der Waals surface area (Å²) in [7, 11) is 0. The molecule has 0 radical (unpaired) electrons. The molecule has 2 aromatic carbocycles. The zero-order valence-electron chi connectivity index (χ0n) is 11.8. The fourth-order valence-corrected chi connectivity index (χ4v) is 2.01. The first-order valence-electron chi connectivity index (χ1n) is 6.80. The summed E-state index contributed by atoms with van der Waals surface area (Å²) in [4.78, 5) is 0. The molecule has 0 saturated heterocycles. The summed E-state index contributed by atoms with van der Waals surface area (Å²) in [6.07, 6.45) is 0.875. The molecule has 1 atom stereocenters. The molecule has 0 bridgehead atoms. The van der Waals surface area contributed by atoms with Crippen molar-refractivity contribution in [1.29, 1.82) is 5.26 Å². The van der Waals surface area contributed by atoms with Crippen LogP contribution < -0.4 is 10.5 Å². The highest BCUT2D eigenvalue weighted by Crippen LogP contribution is 2.19. The molecule has 0 heterocycles. The Labute approximate surface area is 123 Å². The predicted molar refractivity (Wildman–Crippen MR) is 79.1 cm³/mol. The van der Waals surface area contributed by atoms with E-state index in [1.165, 1.54) is 12.1 Å². The zero-order valence-corrected chi connectivity index (χ0v) is 11.8. The van der Waals surface area contributed by atoms with Gasteiger partial charge in [0, 0.05) is 6.04 Å². The lowest BCUT2D eigenvalue weighted by Crippen LogP contribution is -2.08. The summed E-state index contributed by atoms with van der Waals surface area (Å²) in [5.74, 6) is 0.252. The van der Waals surface area contributed by atoms with E-state index in [0.717, 1.165) is 12.0 Å². The Morgan fingerprint density at radius 1 is 1.24 bits per heavy atom. The van der Waals surface area contributed by atoms with Gasteiger partial charge in [-0.2, -0.15) is 5.26 Å². The molecular weight excluding hydrogens is 267 g/mol. The molecule has 2 rings (SSSR count). The SMILES string of the molecule is CC[C@H](N)c1ccc(OCc2cc(F)cc(C#N)c2)cc1. The third-order valence-corrected chi connectivity index (χ3v) is 3.24. The number of nitrogens with two attached hydrogens (primary N) is 1. The van der Waals surface area contributed by atoms with E-state index in [1.807, 2.05) is 37.3 Å². The largest absolute Gasteiger partial charge is 0.489 e. The van der Waals surface area contributed by atoms with Crippen LogP contribution in [0.1, 0.15) is 36.1 Å². The Bertz CT molecular complexity index is 647. The Morgan fingerprint density at radius 2 is 1.95 bits per heavy atom. The average molecular weight is 284 g/mol. The van der Waals surface area contributed by atoms with Crippen molar-refractivity contribution in [3.8, 4) is 11.8 Å². The summed E-state index contributed by atoms with van der Waals surface area (Å²) >= 11 is 0. The Kier molecular flexibility index (Phi) is 4.91. The Morgan fingerprint density at radius 3 is 2.57 bits per heavy atom. The van der Waals surface area contributed by atoms with Crippen LogP contribution in [0.3, 0.4) is 0 Å². The maximum Gasteiger partial charge on any atom is 0.124 e. The lowest BCUT2D eigenvalue weighted by molar-refractivity contribution is 0.305. The van der Waals surface area contributed by atoms with Gasteiger partial charge in [0.05, 0.1) is 11.6 Å². The summed E-state index contributed by atoms with van der Waals surface area (Å²) < 4.78 is 18.9. The number of benzene rings is 2. The fourth-order valence-electron chi connectivity index (χ4n) is 2.01. The Hall–Kier alpha value is -2.38. The summed E-state index contributed by atoms with van der Waals surface area (Å²) in [5, 5.41) is 8.81. The van der Waals surface area contributed by atoms with Gasteiger partial charge in [0.25, 0.3) is 0 Å². The summed E-state index contributed by atoms with van der Waals surface area (Å²) in [6.45, 7) is 2.25. The van der Waals surface area contributed by atoms with Gasteiger partial charge < -0.3 is 10.5 Å². The highest BCUT2D eigenvalue weighted by Gasteiger charge is 2.04. The molecule has 0 aliphatic carbocycles. The van der Waals surface area contributed by atoms with E-state index in [0.29, 0.717) is 11.3 Å². The van der Waals surface area contributed by atoms with Gasteiger partial charge in [-0.15, -0.1) is 0 Å².